The van der Waals surface area contributed by atoms with E-state index in [9.17, 15) is 14.4 Å². The van der Waals surface area contributed by atoms with Gasteiger partial charge in [-0.25, -0.2) is 14.4 Å². The number of aryl methyl sites for hydroxylation is 1. The monoisotopic (exact) mass is 463 g/mol. The molecule has 1 heterocycles. The number of ether oxygens (including phenoxy) is 3. The molecule has 7 heteroatoms. The zero-order chi connectivity index (χ0) is 24.7. The van der Waals surface area contributed by atoms with Gasteiger partial charge in [0, 0.05) is 12.5 Å². The standard InChI is InChI=1S/C27H29NO6/c1-5-33-26(30)23-21(20-14-12-18(3)13-15-20)16-22(25(29)32-4)28(24(23)27(31)34-6-2)17-19-10-8-7-9-11-19/h7-16,21H,5-6,17H2,1-4H3. The van der Waals surface area contributed by atoms with Gasteiger partial charge in [0.15, 0.2) is 0 Å². The number of benzene rings is 2. The van der Waals surface area contributed by atoms with Crippen LogP contribution < -0.4 is 0 Å². The molecule has 7 nitrogen and oxygen atoms in total. The van der Waals surface area contributed by atoms with E-state index in [1.165, 1.54) is 12.0 Å². The number of nitrogens with zero attached hydrogens (tertiary/aromatic N) is 1. The molecule has 0 amide bonds. The van der Waals surface area contributed by atoms with Crippen molar-refractivity contribution in [3.63, 3.8) is 0 Å². The first-order valence-electron chi connectivity index (χ1n) is 11.2. The third-order valence-electron chi connectivity index (χ3n) is 5.43. The molecule has 0 radical (unpaired) electrons. The van der Waals surface area contributed by atoms with Gasteiger partial charge in [-0.1, -0.05) is 60.2 Å². The fourth-order valence-corrected chi connectivity index (χ4v) is 3.85. The smallest absolute Gasteiger partial charge is 0.355 e. The Kier molecular flexibility index (Phi) is 8.24. The average Bonchev–Trinajstić information content (AvgIpc) is 2.84. The van der Waals surface area contributed by atoms with Crippen molar-refractivity contribution < 1.29 is 28.6 Å². The maximum Gasteiger partial charge on any atom is 0.355 e. The van der Waals surface area contributed by atoms with Crippen LogP contribution in [0, 0.1) is 6.92 Å². The molecule has 2 aromatic rings. The first-order chi connectivity index (χ1) is 16.4. The van der Waals surface area contributed by atoms with Crippen molar-refractivity contribution in [1.29, 1.82) is 0 Å². The summed E-state index contributed by atoms with van der Waals surface area (Å²) >= 11 is 0. The van der Waals surface area contributed by atoms with E-state index >= 15 is 0 Å². The van der Waals surface area contributed by atoms with Crippen LogP contribution in [-0.2, 0) is 35.1 Å². The minimum atomic E-state index is -0.715. The van der Waals surface area contributed by atoms with E-state index < -0.39 is 23.8 Å². The van der Waals surface area contributed by atoms with E-state index in [0.29, 0.717) is 0 Å². The highest BCUT2D eigenvalue weighted by Crippen LogP contribution is 2.39. The summed E-state index contributed by atoms with van der Waals surface area (Å²) < 4.78 is 15.8. The number of hydrogen-bond acceptors (Lipinski definition) is 7. The summed E-state index contributed by atoms with van der Waals surface area (Å²) in [5.41, 5.74) is 2.83. The highest BCUT2D eigenvalue weighted by atomic mass is 16.5. The highest BCUT2D eigenvalue weighted by molar-refractivity contribution is 6.04. The second-order valence-corrected chi connectivity index (χ2v) is 7.71. The summed E-state index contributed by atoms with van der Waals surface area (Å²) in [6, 6.07) is 16.9. The Hall–Kier alpha value is -3.87. The lowest BCUT2D eigenvalue weighted by Gasteiger charge is -2.35. The van der Waals surface area contributed by atoms with Gasteiger partial charge in [0.25, 0.3) is 0 Å². The van der Waals surface area contributed by atoms with Crippen molar-refractivity contribution >= 4 is 17.9 Å². The molecule has 0 bridgehead atoms. The van der Waals surface area contributed by atoms with Gasteiger partial charge in [0.1, 0.15) is 11.4 Å². The molecule has 34 heavy (non-hydrogen) atoms. The van der Waals surface area contributed by atoms with E-state index in [1.807, 2.05) is 61.5 Å². The third-order valence-corrected chi connectivity index (χ3v) is 5.43. The molecule has 0 aromatic heterocycles. The predicted molar refractivity (Wildman–Crippen MR) is 126 cm³/mol. The molecule has 0 saturated carbocycles. The molecule has 0 fully saturated rings. The van der Waals surface area contributed by atoms with Crippen LogP contribution in [0.1, 0.15) is 36.5 Å². The first kappa shape index (κ1) is 24.8. The van der Waals surface area contributed by atoms with Crippen molar-refractivity contribution in [1.82, 2.24) is 4.90 Å². The molecule has 0 spiro atoms. The van der Waals surface area contributed by atoms with Crippen LogP contribution in [0.5, 0.6) is 0 Å². The quantitative estimate of drug-likeness (QED) is 0.432. The largest absolute Gasteiger partial charge is 0.464 e. The highest BCUT2D eigenvalue weighted by Gasteiger charge is 2.40. The van der Waals surface area contributed by atoms with Crippen molar-refractivity contribution in [2.75, 3.05) is 20.3 Å². The summed E-state index contributed by atoms with van der Waals surface area (Å²) in [5.74, 6) is -2.69. The molecule has 1 aliphatic heterocycles. The molecule has 1 unspecified atom stereocenters. The molecule has 1 atom stereocenters. The fourth-order valence-electron chi connectivity index (χ4n) is 3.85. The second-order valence-electron chi connectivity index (χ2n) is 7.71. The van der Waals surface area contributed by atoms with E-state index in [2.05, 4.69) is 0 Å². The van der Waals surface area contributed by atoms with Crippen molar-refractivity contribution in [2.45, 2.75) is 33.2 Å². The summed E-state index contributed by atoms with van der Waals surface area (Å²) in [6.07, 6.45) is 1.65. The van der Waals surface area contributed by atoms with Crippen LogP contribution in [0.15, 0.2) is 77.6 Å². The van der Waals surface area contributed by atoms with Gasteiger partial charge in [0.2, 0.25) is 0 Å². The predicted octanol–water partition coefficient (Wildman–Crippen LogP) is 4.03. The zero-order valence-electron chi connectivity index (χ0n) is 19.9. The van der Waals surface area contributed by atoms with Gasteiger partial charge in [0.05, 0.1) is 25.9 Å². The molecule has 0 saturated heterocycles. The molecule has 1 aliphatic rings. The Morgan fingerprint density at radius 2 is 1.47 bits per heavy atom. The number of carbonyl (C=O) groups is 3. The van der Waals surface area contributed by atoms with Gasteiger partial charge in [-0.05, 0) is 38.0 Å². The molecule has 0 N–H and O–H groups in total. The SMILES string of the molecule is CCOC(=O)C1=C(C(=O)OCC)N(Cc2ccccc2)C(C(=O)OC)=CC1c1ccc(C)cc1. The van der Waals surface area contributed by atoms with Crippen molar-refractivity contribution in [3.05, 3.63) is 94.3 Å². The fraction of sp³-hybridized carbons (Fsp3) is 0.296. The summed E-state index contributed by atoms with van der Waals surface area (Å²) in [7, 11) is 1.28. The van der Waals surface area contributed by atoms with Gasteiger partial charge >= 0.3 is 17.9 Å². The minimum Gasteiger partial charge on any atom is -0.464 e. The lowest BCUT2D eigenvalue weighted by Crippen LogP contribution is -2.38. The molecule has 178 valence electrons. The Labute approximate surface area is 199 Å². The van der Waals surface area contributed by atoms with E-state index in [4.69, 9.17) is 14.2 Å². The molecular weight excluding hydrogens is 434 g/mol. The molecule has 0 aliphatic carbocycles. The second kappa shape index (κ2) is 11.3. The van der Waals surface area contributed by atoms with Crippen molar-refractivity contribution in [2.24, 2.45) is 0 Å². The molecular formula is C27H29NO6. The number of rotatable bonds is 8. The lowest BCUT2D eigenvalue weighted by molar-refractivity contribution is -0.144. The van der Waals surface area contributed by atoms with Crippen molar-refractivity contribution in [3.8, 4) is 0 Å². The Morgan fingerprint density at radius 1 is 0.853 bits per heavy atom. The first-order valence-corrected chi connectivity index (χ1v) is 11.2. The number of carbonyl (C=O) groups excluding carboxylic acids is 3. The summed E-state index contributed by atoms with van der Waals surface area (Å²) in [5, 5.41) is 0. The normalized spacial score (nSPS) is 15.5. The topological polar surface area (TPSA) is 82.1 Å². The number of hydrogen-bond donors (Lipinski definition) is 0. The van der Waals surface area contributed by atoms with Crippen LogP contribution in [0.4, 0.5) is 0 Å². The Bertz CT molecular complexity index is 1100. The van der Waals surface area contributed by atoms with Gasteiger partial charge in [-0.2, -0.15) is 0 Å². The van der Waals surface area contributed by atoms with Crippen LogP contribution in [-0.4, -0.2) is 43.1 Å². The van der Waals surface area contributed by atoms with Crippen LogP contribution in [0.2, 0.25) is 0 Å². The minimum absolute atomic E-state index is 0.0300. The van der Waals surface area contributed by atoms with E-state index in [-0.39, 0.29) is 36.7 Å². The molecule has 3 rings (SSSR count). The van der Waals surface area contributed by atoms with Crippen LogP contribution in [0.3, 0.4) is 0 Å². The zero-order valence-corrected chi connectivity index (χ0v) is 19.9. The maximum absolute atomic E-state index is 13.3. The third kappa shape index (κ3) is 5.36. The lowest BCUT2D eigenvalue weighted by atomic mass is 9.85. The number of methoxy groups -OCH3 is 1. The Balaban J connectivity index is 2.29. The van der Waals surface area contributed by atoms with Gasteiger partial charge < -0.3 is 19.1 Å². The summed E-state index contributed by atoms with van der Waals surface area (Å²) in [4.78, 5) is 40.9. The van der Waals surface area contributed by atoms with Crippen LogP contribution >= 0.6 is 0 Å². The number of allylic oxidation sites excluding steroid dienone is 1. The van der Waals surface area contributed by atoms with E-state index in [1.54, 1.807) is 19.9 Å². The molecule has 2 aromatic carbocycles. The number of esters is 3. The van der Waals surface area contributed by atoms with E-state index in [0.717, 1.165) is 16.7 Å². The maximum atomic E-state index is 13.3. The van der Waals surface area contributed by atoms with Crippen LogP contribution in [0.25, 0.3) is 0 Å². The van der Waals surface area contributed by atoms with Gasteiger partial charge in [-0.3, -0.25) is 0 Å². The average molecular weight is 464 g/mol. The Morgan fingerprint density at radius 3 is 2.06 bits per heavy atom. The van der Waals surface area contributed by atoms with Gasteiger partial charge in [-0.15, -0.1) is 0 Å². The summed E-state index contributed by atoms with van der Waals surface area (Å²) in [6.45, 7) is 5.72.